The minimum absolute atomic E-state index is 0.154. The van der Waals surface area contributed by atoms with E-state index in [0.717, 1.165) is 0 Å². The van der Waals surface area contributed by atoms with Gasteiger partial charge in [-0.3, -0.25) is 9.71 Å². The fourth-order valence-corrected chi connectivity index (χ4v) is 2.57. The molecule has 20 heavy (non-hydrogen) atoms. The van der Waals surface area contributed by atoms with Gasteiger partial charge in [0.25, 0.3) is 10.0 Å². The van der Waals surface area contributed by atoms with Crippen LogP contribution < -0.4 is 15.2 Å². The third-order valence-corrected chi connectivity index (χ3v) is 3.83. The van der Waals surface area contributed by atoms with Gasteiger partial charge in [-0.1, -0.05) is 0 Å². The van der Waals surface area contributed by atoms with Gasteiger partial charge in [0.2, 0.25) is 0 Å². The highest BCUT2D eigenvalue weighted by molar-refractivity contribution is 7.92. The molecule has 1 aromatic heterocycles. The average molecular weight is 293 g/mol. The molecule has 1 aromatic carbocycles. The normalized spacial score (nSPS) is 11.1. The van der Waals surface area contributed by atoms with Gasteiger partial charge in [0.15, 0.2) is 0 Å². The van der Waals surface area contributed by atoms with Crippen LogP contribution >= 0.6 is 0 Å². The Balaban J connectivity index is 2.13. The van der Waals surface area contributed by atoms with Crippen molar-refractivity contribution in [3.05, 3.63) is 48.8 Å². The lowest BCUT2D eigenvalue weighted by Gasteiger charge is -2.09. The van der Waals surface area contributed by atoms with Gasteiger partial charge in [-0.05, 0) is 36.4 Å². The molecule has 0 radical (unpaired) electrons. The van der Waals surface area contributed by atoms with E-state index in [0.29, 0.717) is 24.6 Å². The lowest BCUT2D eigenvalue weighted by atomic mass is 10.3. The van der Waals surface area contributed by atoms with Crippen LogP contribution in [0.15, 0.2) is 53.7 Å². The van der Waals surface area contributed by atoms with E-state index in [2.05, 4.69) is 9.71 Å². The fourth-order valence-electron chi connectivity index (χ4n) is 1.53. The van der Waals surface area contributed by atoms with Crippen molar-refractivity contribution < 1.29 is 13.2 Å². The molecule has 0 saturated heterocycles. The molecule has 0 amide bonds. The summed E-state index contributed by atoms with van der Waals surface area (Å²) in [6.45, 7) is 0.794. The van der Waals surface area contributed by atoms with Crippen LogP contribution in [0.2, 0.25) is 0 Å². The quantitative estimate of drug-likeness (QED) is 0.835. The second-order valence-electron chi connectivity index (χ2n) is 3.96. The zero-order valence-electron chi connectivity index (χ0n) is 10.7. The van der Waals surface area contributed by atoms with Gasteiger partial charge in [0.05, 0.1) is 16.8 Å². The summed E-state index contributed by atoms with van der Waals surface area (Å²) < 4.78 is 32.0. The maximum atomic E-state index is 12.1. The Morgan fingerprint density at radius 3 is 2.55 bits per heavy atom. The van der Waals surface area contributed by atoms with Gasteiger partial charge in [-0.15, -0.1) is 0 Å². The van der Waals surface area contributed by atoms with E-state index >= 15 is 0 Å². The summed E-state index contributed by atoms with van der Waals surface area (Å²) in [6, 6.07) is 9.42. The first kappa shape index (κ1) is 14.3. The first-order valence-electron chi connectivity index (χ1n) is 5.97. The van der Waals surface area contributed by atoms with E-state index in [-0.39, 0.29) is 4.90 Å². The number of hydrogen-bond acceptors (Lipinski definition) is 5. The highest BCUT2D eigenvalue weighted by Gasteiger charge is 2.14. The number of anilines is 1. The number of nitrogens with one attached hydrogen (secondary N) is 1. The van der Waals surface area contributed by atoms with E-state index < -0.39 is 10.0 Å². The number of rotatable bonds is 6. The topological polar surface area (TPSA) is 94.3 Å². The smallest absolute Gasteiger partial charge is 0.261 e. The van der Waals surface area contributed by atoms with Crippen molar-refractivity contribution in [2.45, 2.75) is 4.90 Å². The predicted molar refractivity (Wildman–Crippen MR) is 76.0 cm³/mol. The molecular weight excluding hydrogens is 278 g/mol. The molecule has 0 fully saturated rings. The summed E-state index contributed by atoms with van der Waals surface area (Å²) in [5.41, 5.74) is 5.74. The molecule has 3 N–H and O–H groups in total. The van der Waals surface area contributed by atoms with E-state index in [9.17, 15) is 8.42 Å². The van der Waals surface area contributed by atoms with E-state index in [1.807, 2.05) is 0 Å². The second-order valence-corrected chi connectivity index (χ2v) is 5.64. The Morgan fingerprint density at radius 2 is 1.95 bits per heavy atom. The van der Waals surface area contributed by atoms with Crippen molar-refractivity contribution in [2.24, 2.45) is 5.73 Å². The van der Waals surface area contributed by atoms with Crippen molar-refractivity contribution in [3.63, 3.8) is 0 Å². The van der Waals surface area contributed by atoms with Crippen LogP contribution in [0.3, 0.4) is 0 Å². The highest BCUT2D eigenvalue weighted by atomic mass is 32.2. The molecule has 0 aliphatic carbocycles. The second kappa shape index (κ2) is 6.36. The third kappa shape index (κ3) is 3.69. The van der Waals surface area contributed by atoms with Crippen molar-refractivity contribution in [3.8, 4) is 5.75 Å². The van der Waals surface area contributed by atoms with Gasteiger partial charge in [0, 0.05) is 12.7 Å². The molecule has 1 heterocycles. The Kier molecular flexibility index (Phi) is 4.54. The van der Waals surface area contributed by atoms with Gasteiger partial charge in [-0.25, -0.2) is 8.42 Å². The predicted octanol–water partition coefficient (Wildman–Crippen LogP) is 1.22. The molecule has 0 saturated carbocycles. The Labute approximate surface area is 117 Å². The van der Waals surface area contributed by atoms with Crippen LogP contribution in [0, 0.1) is 0 Å². The van der Waals surface area contributed by atoms with Crippen molar-refractivity contribution in [1.82, 2.24) is 4.98 Å². The summed E-state index contributed by atoms with van der Waals surface area (Å²) in [6.07, 6.45) is 3.01. The van der Waals surface area contributed by atoms with Crippen LogP contribution in [-0.4, -0.2) is 26.6 Å². The van der Waals surface area contributed by atoms with E-state index in [1.54, 1.807) is 30.5 Å². The van der Waals surface area contributed by atoms with Crippen LogP contribution in [0.4, 0.5) is 5.69 Å². The van der Waals surface area contributed by atoms with Crippen molar-refractivity contribution >= 4 is 15.7 Å². The number of pyridine rings is 1. The number of aromatic nitrogens is 1. The number of ether oxygens (including phenoxy) is 1. The molecular formula is C13H15N3O3S. The Hall–Kier alpha value is -2.12. The minimum Gasteiger partial charge on any atom is -0.492 e. The molecule has 2 aromatic rings. The van der Waals surface area contributed by atoms with Crippen LogP contribution in [-0.2, 0) is 10.0 Å². The third-order valence-electron chi connectivity index (χ3n) is 2.43. The molecule has 7 heteroatoms. The molecule has 0 bridgehead atoms. The minimum atomic E-state index is -3.62. The van der Waals surface area contributed by atoms with Gasteiger partial charge >= 0.3 is 0 Å². The first-order chi connectivity index (χ1) is 9.62. The first-order valence-corrected chi connectivity index (χ1v) is 7.46. The Bertz CT molecular complexity index is 642. The molecule has 0 atom stereocenters. The van der Waals surface area contributed by atoms with Crippen LogP contribution in [0.25, 0.3) is 0 Å². The summed E-state index contributed by atoms with van der Waals surface area (Å²) >= 11 is 0. The summed E-state index contributed by atoms with van der Waals surface area (Å²) in [4.78, 5) is 4.01. The van der Waals surface area contributed by atoms with E-state index in [4.69, 9.17) is 10.5 Å². The Morgan fingerprint density at radius 1 is 1.20 bits per heavy atom. The molecule has 106 valence electrons. The SMILES string of the molecule is NCCOc1ccc(S(=O)(=O)Nc2cccnc2)cc1. The van der Waals surface area contributed by atoms with Gasteiger partial charge < -0.3 is 10.5 Å². The number of nitrogens with two attached hydrogens (primary N) is 1. The fraction of sp³-hybridized carbons (Fsp3) is 0.154. The van der Waals surface area contributed by atoms with Crippen molar-refractivity contribution in [1.29, 1.82) is 0 Å². The number of hydrogen-bond donors (Lipinski definition) is 2. The maximum Gasteiger partial charge on any atom is 0.261 e. The molecule has 2 rings (SSSR count). The number of sulfonamides is 1. The largest absolute Gasteiger partial charge is 0.492 e. The highest BCUT2D eigenvalue weighted by Crippen LogP contribution is 2.18. The molecule has 0 unspecified atom stereocenters. The number of nitrogens with zero attached hydrogens (tertiary/aromatic N) is 1. The van der Waals surface area contributed by atoms with Gasteiger partial charge in [0.1, 0.15) is 12.4 Å². The van der Waals surface area contributed by atoms with Crippen LogP contribution in [0.1, 0.15) is 0 Å². The average Bonchev–Trinajstić information content (AvgIpc) is 2.46. The van der Waals surface area contributed by atoms with Gasteiger partial charge in [-0.2, -0.15) is 0 Å². The summed E-state index contributed by atoms with van der Waals surface area (Å²) in [7, 11) is -3.62. The number of benzene rings is 1. The standard InChI is InChI=1S/C13H15N3O3S/c14-7-9-19-12-3-5-13(6-4-12)20(17,18)16-11-2-1-8-15-10-11/h1-6,8,10,16H,7,9,14H2. The zero-order valence-corrected chi connectivity index (χ0v) is 11.5. The molecule has 0 aliphatic heterocycles. The zero-order chi connectivity index (χ0) is 14.4. The van der Waals surface area contributed by atoms with Crippen LogP contribution in [0.5, 0.6) is 5.75 Å². The molecule has 0 spiro atoms. The maximum absolute atomic E-state index is 12.1. The molecule has 0 aliphatic rings. The lowest BCUT2D eigenvalue weighted by Crippen LogP contribution is -2.13. The van der Waals surface area contributed by atoms with E-state index in [1.165, 1.54) is 18.3 Å². The molecule has 6 nitrogen and oxygen atoms in total. The monoisotopic (exact) mass is 293 g/mol. The van der Waals surface area contributed by atoms with Crippen molar-refractivity contribution in [2.75, 3.05) is 17.9 Å². The lowest BCUT2D eigenvalue weighted by molar-refractivity contribution is 0.328. The summed E-state index contributed by atoms with van der Waals surface area (Å²) in [5.74, 6) is 0.579. The summed E-state index contributed by atoms with van der Waals surface area (Å²) in [5, 5.41) is 0.